The number of esters is 2. The van der Waals surface area contributed by atoms with Crippen molar-refractivity contribution >= 4 is 18.2 Å². The Bertz CT molecular complexity index is 643. The highest BCUT2D eigenvalue weighted by Gasteiger charge is 2.69. The summed E-state index contributed by atoms with van der Waals surface area (Å²) in [5, 5.41) is 8.12. The van der Waals surface area contributed by atoms with Gasteiger partial charge in [-0.05, 0) is 30.1 Å². The lowest BCUT2D eigenvalue weighted by molar-refractivity contribution is -0.178. The van der Waals surface area contributed by atoms with Crippen molar-refractivity contribution in [1.29, 1.82) is 5.41 Å². The summed E-state index contributed by atoms with van der Waals surface area (Å²) in [6, 6.07) is 0. The van der Waals surface area contributed by atoms with Gasteiger partial charge in [0.15, 0.2) is 0 Å². The van der Waals surface area contributed by atoms with Gasteiger partial charge in [0.1, 0.15) is 17.6 Å². The van der Waals surface area contributed by atoms with Crippen molar-refractivity contribution in [2.24, 2.45) is 33.5 Å². The van der Waals surface area contributed by atoms with Crippen molar-refractivity contribution in [3.63, 3.8) is 0 Å². The van der Waals surface area contributed by atoms with Crippen LogP contribution in [0.2, 0.25) is 0 Å². The minimum Gasteiger partial charge on any atom is -0.458 e. The Morgan fingerprint density at radius 1 is 1.27 bits per heavy atom. The zero-order valence-corrected chi connectivity index (χ0v) is 17.1. The molecular weight excluding hydrogens is 330 g/mol. The number of carbonyl (C=O) groups excluding carboxylic acids is 2. The molecule has 1 saturated heterocycles. The van der Waals surface area contributed by atoms with Crippen LogP contribution in [0.3, 0.4) is 0 Å². The zero-order valence-electron chi connectivity index (χ0n) is 17.1. The third kappa shape index (κ3) is 2.69. The van der Waals surface area contributed by atoms with Crippen LogP contribution in [0.25, 0.3) is 0 Å². The predicted molar refractivity (Wildman–Crippen MR) is 98.8 cm³/mol. The Hall–Kier alpha value is -1.39. The molecule has 1 N–H and O–H groups in total. The van der Waals surface area contributed by atoms with Crippen LogP contribution in [0, 0.1) is 38.9 Å². The second-order valence-electron chi connectivity index (χ2n) is 11.2. The second-order valence-corrected chi connectivity index (χ2v) is 11.2. The number of hydrogen-bond donors (Lipinski definition) is 1. The van der Waals surface area contributed by atoms with E-state index in [-0.39, 0.29) is 40.7 Å². The molecule has 1 heterocycles. The highest BCUT2D eigenvalue weighted by molar-refractivity contribution is 5.95. The van der Waals surface area contributed by atoms with Crippen molar-refractivity contribution < 1.29 is 19.1 Å². The summed E-state index contributed by atoms with van der Waals surface area (Å²) in [7, 11) is 0. The fourth-order valence-corrected chi connectivity index (χ4v) is 5.48. The molecule has 146 valence electrons. The molecule has 6 unspecified atom stereocenters. The molecule has 0 aromatic heterocycles. The van der Waals surface area contributed by atoms with E-state index in [4.69, 9.17) is 14.9 Å². The van der Waals surface area contributed by atoms with Gasteiger partial charge >= 0.3 is 11.9 Å². The van der Waals surface area contributed by atoms with Crippen LogP contribution >= 0.6 is 0 Å². The SMILES string of the molecule is CC(C)(C)CC(C=N)(C(=O)OC1C2OC(=O)C3CC1(C)CC32)C(C)(C)C. The van der Waals surface area contributed by atoms with Gasteiger partial charge < -0.3 is 14.9 Å². The summed E-state index contributed by atoms with van der Waals surface area (Å²) in [6.45, 7) is 14.3. The highest BCUT2D eigenvalue weighted by Crippen LogP contribution is 2.62. The van der Waals surface area contributed by atoms with Crippen LogP contribution in [0.1, 0.15) is 67.7 Å². The first-order valence-corrected chi connectivity index (χ1v) is 9.67. The summed E-state index contributed by atoms with van der Waals surface area (Å²) in [5.74, 6) is -0.333. The Morgan fingerprint density at radius 2 is 1.88 bits per heavy atom. The molecule has 0 aromatic rings. The molecule has 3 aliphatic rings. The Kier molecular flexibility index (Phi) is 4.14. The van der Waals surface area contributed by atoms with E-state index in [2.05, 4.69) is 27.7 Å². The Morgan fingerprint density at radius 3 is 2.38 bits per heavy atom. The van der Waals surface area contributed by atoms with Crippen molar-refractivity contribution in [2.75, 3.05) is 0 Å². The predicted octanol–water partition coefficient (Wildman–Crippen LogP) is 3.99. The van der Waals surface area contributed by atoms with E-state index in [1.807, 2.05) is 20.8 Å². The van der Waals surface area contributed by atoms with Crippen molar-refractivity contribution in [1.82, 2.24) is 0 Å². The van der Waals surface area contributed by atoms with E-state index in [1.54, 1.807) is 0 Å². The van der Waals surface area contributed by atoms with Gasteiger partial charge in [-0.25, -0.2) is 0 Å². The maximum atomic E-state index is 13.4. The average molecular weight is 363 g/mol. The van der Waals surface area contributed by atoms with E-state index in [9.17, 15) is 9.59 Å². The molecule has 0 spiro atoms. The maximum Gasteiger partial charge on any atom is 0.318 e. The van der Waals surface area contributed by atoms with E-state index in [0.29, 0.717) is 6.42 Å². The molecule has 0 radical (unpaired) electrons. The molecule has 0 amide bonds. The highest BCUT2D eigenvalue weighted by atomic mass is 16.6. The Labute approximate surface area is 156 Å². The van der Waals surface area contributed by atoms with E-state index < -0.39 is 16.9 Å². The van der Waals surface area contributed by atoms with Gasteiger partial charge in [0.2, 0.25) is 0 Å². The topological polar surface area (TPSA) is 76.5 Å². The zero-order chi connectivity index (χ0) is 19.7. The van der Waals surface area contributed by atoms with Crippen LogP contribution in [0.15, 0.2) is 0 Å². The number of nitrogens with one attached hydrogen (secondary N) is 1. The van der Waals surface area contributed by atoms with Crippen molar-refractivity contribution in [2.45, 2.75) is 79.9 Å². The first-order chi connectivity index (χ1) is 11.7. The smallest absolute Gasteiger partial charge is 0.318 e. The van der Waals surface area contributed by atoms with Gasteiger partial charge in [0.05, 0.1) is 5.92 Å². The molecule has 2 saturated carbocycles. The Balaban J connectivity index is 1.90. The summed E-state index contributed by atoms with van der Waals surface area (Å²) in [5.41, 5.74) is -1.79. The van der Waals surface area contributed by atoms with E-state index in [1.165, 1.54) is 6.21 Å². The number of hydrogen-bond acceptors (Lipinski definition) is 5. The summed E-state index contributed by atoms with van der Waals surface area (Å²) < 4.78 is 11.7. The van der Waals surface area contributed by atoms with E-state index >= 15 is 0 Å². The summed E-state index contributed by atoms with van der Waals surface area (Å²) in [6.07, 6.45) is 2.71. The number of fused-ring (bicyclic) bond motifs is 1. The second kappa shape index (κ2) is 5.56. The van der Waals surface area contributed by atoms with Gasteiger partial charge in [-0.1, -0.05) is 48.5 Å². The molecule has 6 atom stereocenters. The number of ether oxygens (including phenoxy) is 2. The van der Waals surface area contributed by atoms with Gasteiger partial charge in [0, 0.05) is 17.5 Å². The molecule has 5 nitrogen and oxygen atoms in total. The monoisotopic (exact) mass is 363 g/mol. The molecule has 26 heavy (non-hydrogen) atoms. The fourth-order valence-electron chi connectivity index (χ4n) is 5.48. The average Bonchev–Trinajstić information content (AvgIpc) is 3.02. The van der Waals surface area contributed by atoms with Crippen LogP contribution in [-0.2, 0) is 19.1 Å². The van der Waals surface area contributed by atoms with Gasteiger partial charge in [0.25, 0.3) is 0 Å². The number of rotatable bonds is 4. The summed E-state index contributed by atoms with van der Waals surface area (Å²) in [4.78, 5) is 25.5. The number of carbonyl (C=O) groups is 2. The molecule has 1 aliphatic heterocycles. The van der Waals surface area contributed by atoms with Gasteiger partial charge in [-0.2, -0.15) is 0 Å². The minimum absolute atomic E-state index is 0.0235. The normalized spacial score (nSPS) is 38.0. The van der Waals surface area contributed by atoms with Crippen LogP contribution in [-0.4, -0.2) is 30.4 Å². The molecular formula is C21H33NO4. The van der Waals surface area contributed by atoms with Gasteiger partial charge in [-0.3, -0.25) is 9.59 Å². The lowest BCUT2D eigenvalue weighted by Gasteiger charge is -2.45. The van der Waals surface area contributed by atoms with Crippen molar-refractivity contribution in [3.8, 4) is 0 Å². The van der Waals surface area contributed by atoms with Crippen LogP contribution < -0.4 is 0 Å². The lowest BCUT2D eigenvalue weighted by atomic mass is 9.60. The lowest BCUT2D eigenvalue weighted by Crippen LogP contribution is -2.51. The molecule has 5 heteroatoms. The molecule has 3 fully saturated rings. The minimum atomic E-state index is -1.01. The van der Waals surface area contributed by atoms with Crippen molar-refractivity contribution in [3.05, 3.63) is 0 Å². The molecule has 3 rings (SSSR count). The first-order valence-electron chi connectivity index (χ1n) is 9.67. The molecule has 2 aliphatic carbocycles. The first kappa shape index (κ1) is 19.4. The molecule has 2 bridgehead atoms. The maximum absolute atomic E-state index is 13.4. The third-order valence-electron chi connectivity index (χ3n) is 6.86. The quantitative estimate of drug-likeness (QED) is 0.605. The van der Waals surface area contributed by atoms with Gasteiger partial charge in [-0.15, -0.1) is 0 Å². The standard InChI is InChI=1S/C21H33NO4/c1-18(2,3)10-21(11-22,19(4,5)6)17(24)26-15-14-12-8-20(15,7)9-13(12)16(23)25-14/h11-15,22H,8-10H2,1-7H3. The third-order valence-corrected chi connectivity index (χ3v) is 6.86. The van der Waals surface area contributed by atoms with Crippen LogP contribution in [0.4, 0.5) is 0 Å². The fraction of sp³-hybridized carbons (Fsp3) is 0.857. The summed E-state index contributed by atoms with van der Waals surface area (Å²) >= 11 is 0. The largest absolute Gasteiger partial charge is 0.458 e. The van der Waals surface area contributed by atoms with Crippen LogP contribution in [0.5, 0.6) is 0 Å². The van der Waals surface area contributed by atoms with E-state index in [0.717, 1.165) is 12.8 Å². The molecule has 0 aromatic carbocycles.